The molecule has 0 aromatic heterocycles. The molecule has 3 aromatic rings. The van der Waals surface area contributed by atoms with E-state index in [0.29, 0.717) is 17.4 Å². The standard InChI is InChI=1S/C24H22BrClN2O2/c1-2-30-22-8-4-7-19(23(22)29)21-14-20(16-5-3-6-17(25)13-16)27-24(28-21)15-9-11-18(26)12-10-15/h3-14,21,24,27-29H,2H2,1H3. The summed E-state index contributed by atoms with van der Waals surface area (Å²) >= 11 is 9.63. The Morgan fingerprint density at radius 3 is 2.57 bits per heavy atom. The highest BCUT2D eigenvalue weighted by Crippen LogP contribution is 2.38. The maximum atomic E-state index is 10.8. The molecule has 4 rings (SSSR count). The van der Waals surface area contributed by atoms with Crippen molar-refractivity contribution in [3.05, 3.63) is 99.0 Å². The van der Waals surface area contributed by atoms with Crippen LogP contribution >= 0.6 is 27.5 Å². The van der Waals surface area contributed by atoms with E-state index in [1.807, 2.05) is 55.5 Å². The smallest absolute Gasteiger partial charge is 0.162 e. The molecule has 0 radical (unpaired) electrons. The monoisotopic (exact) mass is 484 g/mol. The van der Waals surface area contributed by atoms with Gasteiger partial charge in [-0.25, -0.2) is 0 Å². The number of ether oxygens (including phenoxy) is 1. The van der Waals surface area contributed by atoms with Gasteiger partial charge in [0.1, 0.15) is 6.17 Å². The molecule has 1 heterocycles. The van der Waals surface area contributed by atoms with Crippen molar-refractivity contribution in [2.45, 2.75) is 19.1 Å². The third kappa shape index (κ3) is 4.48. The van der Waals surface area contributed by atoms with Crippen molar-refractivity contribution in [1.29, 1.82) is 0 Å². The van der Waals surface area contributed by atoms with Gasteiger partial charge in [-0.15, -0.1) is 0 Å². The average Bonchev–Trinajstić information content (AvgIpc) is 2.75. The molecule has 0 saturated carbocycles. The number of phenols is 1. The lowest BCUT2D eigenvalue weighted by Crippen LogP contribution is -2.39. The van der Waals surface area contributed by atoms with Gasteiger partial charge in [-0.1, -0.05) is 63.9 Å². The average molecular weight is 486 g/mol. The van der Waals surface area contributed by atoms with Gasteiger partial charge in [0.05, 0.1) is 12.6 Å². The van der Waals surface area contributed by atoms with Crippen LogP contribution in [0.1, 0.15) is 35.8 Å². The molecule has 6 heteroatoms. The maximum Gasteiger partial charge on any atom is 0.162 e. The van der Waals surface area contributed by atoms with Crippen molar-refractivity contribution < 1.29 is 9.84 Å². The molecule has 2 unspecified atom stereocenters. The fourth-order valence-corrected chi connectivity index (χ4v) is 4.08. The Bertz CT molecular complexity index is 1070. The highest BCUT2D eigenvalue weighted by Gasteiger charge is 2.26. The predicted molar refractivity (Wildman–Crippen MR) is 125 cm³/mol. The molecule has 1 aliphatic rings. The minimum Gasteiger partial charge on any atom is -0.504 e. The van der Waals surface area contributed by atoms with Crippen molar-refractivity contribution in [2.75, 3.05) is 6.61 Å². The second kappa shape index (κ2) is 9.13. The number of halogens is 2. The molecular formula is C24H22BrClN2O2. The van der Waals surface area contributed by atoms with Crippen molar-refractivity contribution in [2.24, 2.45) is 0 Å². The zero-order valence-electron chi connectivity index (χ0n) is 16.4. The van der Waals surface area contributed by atoms with Gasteiger partial charge in [-0.2, -0.15) is 0 Å². The van der Waals surface area contributed by atoms with Gasteiger partial charge >= 0.3 is 0 Å². The summed E-state index contributed by atoms with van der Waals surface area (Å²) in [5.74, 6) is 0.634. The number of aromatic hydroxyl groups is 1. The first-order valence-corrected chi connectivity index (χ1v) is 10.9. The Balaban J connectivity index is 1.77. The number of benzene rings is 3. The maximum absolute atomic E-state index is 10.8. The van der Waals surface area contributed by atoms with Crippen LogP contribution in [0.15, 0.2) is 77.3 Å². The molecule has 0 spiro atoms. The van der Waals surface area contributed by atoms with Crippen molar-refractivity contribution in [1.82, 2.24) is 10.6 Å². The molecule has 3 aromatic carbocycles. The number of rotatable bonds is 5. The summed E-state index contributed by atoms with van der Waals surface area (Å²) < 4.78 is 6.59. The Morgan fingerprint density at radius 2 is 1.83 bits per heavy atom. The van der Waals surface area contributed by atoms with Crippen LogP contribution in [0.2, 0.25) is 5.02 Å². The second-order valence-corrected chi connectivity index (χ2v) is 8.34. The predicted octanol–water partition coefficient (Wildman–Crippen LogP) is 6.18. The van der Waals surface area contributed by atoms with E-state index >= 15 is 0 Å². The van der Waals surface area contributed by atoms with Gasteiger partial charge in [-0.3, -0.25) is 5.32 Å². The Morgan fingerprint density at radius 1 is 1.07 bits per heavy atom. The fourth-order valence-electron chi connectivity index (χ4n) is 3.55. The molecule has 0 fully saturated rings. The molecule has 4 nitrogen and oxygen atoms in total. The summed E-state index contributed by atoms with van der Waals surface area (Å²) in [7, 11) is 0. The number of phenolic OH excluding ortho intramolecular Hbond substituents is 1. The van der Waals surface area contributed by atoms with Crippen LogP contribution < -0.4 is 15.4 Å². The first-order valence-electron chi connectivity index (χ1n) is 9.75. The van der Waals surface area contributed by atoms with E-state index in [0.717, 1.165) is 26.9 Å². The van der Waals surface area contributed by atoms with E-state index < -0.39 is 0 Å². The Kier molecular flexibility index (Phi) is 6.32. The van der Waals surface area contributed by atoms with Gasteiger partial charge in [0.25, 0.3) is 0 Å². The molecular weight excluding hydrogens is 464 g/mol. The molecule has 0 amide bonds. The summed E-state index contributed by atoms with van der Waals surface area (Å²) in [6, 6.07) is 21.2. The summed E-state index contributed by atoms with van der Waals surface area (Å²) in [5, 5.41) is 18.7. The van der Waals surface area contributed by atoms with Gasteiger partial charge in [0.2, 0.25) is 0 Å². The van der Waals surface area contributed by atoms with Crippen molar-refractivity contribution in [3.8, 4) is 11.5 Å². The zero-order chi connectivity index (χ0) is 21.1. The van der Waals surface area contributed by atoms with Crippen LogP contribution in [0.5, 0.6) is 11.5 Å². The van der Waals surface area contributed by atoms with Crippen LogP contribution in [-0.2, 0) is 0 Å². The first-order chi connectivity index (χ1) is 14.5. The largest absolute Gasteiger partial charge is 0.504 e. The lowest BCUT2D eigenvalue weighted by atomic mass is 9.97. The zero-order valence-corrected chi connectivity index (χ0v) is 18.7. The van der Waals surface area contributed by atoms with Gasteiger partial charge < -0.3 is 15.2 Å². The molecule has 0 saturated heterocycles. The van der Waals surface area contributed by atoms with Crippen molar-refractivity contribution in [3.63, 3.8) is 0 Å². The lowest BCUT2D eigenvalue weighted by Gasteiger charge is -2.33. The molecule has 0 aliphatic carbocycles. The topological polar surface area (TPSA) is 53.5 Å². The quantitative estimate of drug-likeness (QED) is 0.404. The number of nitrogens with one attached hydrogen (secondary N) is 2. The fraction of sp³-hybridized carbons (Fsp3) is 0.167. The summed E-state index contributed by atoms with van der Waals surface area (Å²) in [6.45, 7) is 2.39. The van der Waals surface area contributed by atoms with E-state index in [2.05, 4.69) is 44.8 Å². The van der Waals surface area contributed by atoms with Crippen LogP contribution in [0.4, 0.5) is 0 Å². The van der Waals surface area contributed by atoms with Crippen molar-refractivity contribution >= 4 is 33.2 Å². The second-order valence-electron chi connectivity index (χ2n) is 6.99. The minimum atomic E-state index is -0.221. The van der Waals surface area contributed by atoms with E-state index in [4.69, 9.17) is 16.3 Å². The SMILES string of the molecule is CCOc1cccc(C2C=C(c3cccc(Br)c3)NC(c3ccc(Cl)cc3)N2)c1O. The number of hydrogen-bond donors (Lipinski definition) is 3. The highest BCUT2D eigenvalue weighted by atomic mass is 79.9. The number of para-hydroxylation sites is 1. The highest BCUT2D eigenvalue weighted by molar-refractivity contribution is 9.10. The van der Waals surface area contributed by atoms with Gasteiger partial charge in [0, 0.05) is 20.8 Å². The van der Waals surface area contributed by atoms with Crippen LogP contribution in [-0.4, -0.2) is 11.7 Å². The normalized spacial score (nSPS) is 18.4. The summed E-state index contributed by atoms with van der Waals surface area (Å²) in [6.07, 6.45) is 1.92. The first kappa shape index (κ1) is 20.8. The minimum absolute atomic E-state index is 0.151. The molecule has 0 bridgehead atoms. The third-order valence-electron chi connectivity index (χ3n) is 4.98. The van der Waals surface area contributed by atoms with Crippen LogP contribution in [0.25, 0.3) is 5.70 Å². The van der Waals surface area contributed by atoms with Gasteiger partial charge in [0.15, 0.2) is 11.5 Å². The summed E-state index contributed by atoms with van der Waals surface area (Å²) in [5.41, 5.74) is 3.83. The summed E-state index contributed by atoms with van der Waals surface area (Å²) in [4.78, 5) is 0. The molecule has 154 valence electrons. The van der Waals surface area contributed by atoms with Gasteiger partial charge in [-0.05, 0) is 54.5 Å². The van der Waals surface area contributed by atoms with E-state index in [1.165, 1.54) is 0 Å². The molecule has 30 heavy (non-hydrogen) atoms. The molecule has 3 N–H and O–H groups in total. The Hall–Kier alpha value is -2.47. The van der Waals surface area contributed by atoms with Crippen LogP contribution in [0, 0.1) is 0 Å². The molecule has 1 aliphatic heterocycles. The number of hydrogen-bond acceptors (Lipinski definition) is 4. The third-order valence-corrected chi connectivity index (χ3v) is 5.73. The van der Waals surface area contributed by atoms with E-state index in [9.17, 15) is 5.11 Å². The van der Waals surface area contributed by atoms with Crippen LogP contribution in [0.3, 0.4) is 0 Å². The van der Waals surface area contributed by atoms with E-state index in [-0.39, 0.29) is 18.0 Å². The van der Waals surface area contributed by atoms with E-state index in [1.54, 1.807) is 6.07 Å². The lowest BCUT2D eigenvalue weighted by molar-refractivity contribution is 0.314. The molecule has 2 atom stereocenters. The Labute approximate surface area is 189 Å².